The number of aliphatic hydroxyl groups is 2. The number of cyclic esters (lactones) is 1. The Kier molecular flexibility index (Phi) is 19.9. The van der Waals surface area contributed by atoms with E-state index in [4.69, 9.17) is 53.4 Å². The van der Waals surface area contributed by atoms with Crippen molar-refractivity contribution in [3.05, 3.63) is 54.1 Å². The summed E-state index contributed by atoms with van der Waals surface area (Å²) in [4.78, 5) is 42.6. The van der Waals surface area contributed by atoms with Crippen LogP contribution in [0.15, 0.2) is 47.8 Å². The first-order valence-electron chi connectivity index (χ1n) is 28.3. The van der Waals surface area contributed by atoms with Gasteiger partial charge in [-0.2, -0.15) is 0 Å². The molecule has 3 aromatic rings. The van der Waals surface area contributed by atoms with Gasteiger partial charge < -0.3 is 68.8 Å². The molecule has 5 N–H and O–H groups in total. The van der Waals surface area contributed by atoms with Crippen molar-refractivity contribution in [3.63, 3.8) is 0 Å². The van der Waals surface area contributed by atoms with Crippen molar-refractivity contribution in [2.24, 2.45) is 28.7 Å². The molecule has 5 aliphatic rings. The number of nitrogen functional groups attached to an aromatic ring is 1. The van der Waals surface area contributed by atoms with Gasteiger partial charge in [0.25, 0.3) is 6.47 Å². The number of nitrogens with two attached hydrogens (primary N) is 1. The normalized spacial score (nSPS) is 37.9. The number of esters is 1. The highest BCUT2D eigenvalue weighted by molar-refractivity contribution is 5.90. The van der Waals surface area contributed by atoms with E-state index >= 15 is 0 Å². The molecule has 1 aromatic carbocycles. The lowest BCUT2D eigenvalue weighted by Gasteiger charge is -2.49. The minimum atomic E-state index is -1.31. The standard InChI is InChI=1S/C57H86FN9O13/c1-13-43-57(9,75-30-68)49-32(3)45(60-19-20-61-49)38-23-56(8,74-29-38)51(33(4)47(34(5)52(71)78-43)79-44-24-55(7,73-12)50(70)35(6)77-44)80-53-46(69)41(22-31(2)76-53)66(10)21-18-40-28-67(65-64-40)42(25-58)48(72-11)37-16-14-36(15-17-37)39-26-62-54(59)63-27-39/h14-17,26-28,30-35,38,41-44,46-51,53,61,69-70H,13,18-25,29H2,1-12H3,(H2,59,62,63)/t31-,32+,33+,34-,35+,38+,41+,42-,43-,44+,46-,47+,48-,49-,50+,51-,53+,55-,56-,57-/m1/s1. The Hall–Kier alpha value is -4.66. The van der Waals surface area contributed by atoms with Gasteiger partial charge in [-0.3, -0.25) is 14.6 Å². The first-order chi connectivity index (χ1) is 38.1. The fraction of sp³-hybridized carbons (Fsp3) is 0.737. The van der Waals surface area contributed by atoms with Crippen LogP contribution in [-0.4, -0.2) is 197 Å². The lowest BCUT2D eigenvalue weighted by Crippen LogP contribution is -2.63. The number of ether oxygens (including phenoxy) is 9. The molecule has 0 amide bonds. The monoisotopic (exact) mass is 1120 g/mol. The summed E-state index contributed by atoms with van der Waals surface area (Å²) in [6.45, 7) is 18.2. The zero-order chi connectivity index (χ0) is 57.8. The summed E-state index contributed by atoms with van der Waals surface area (Å²) in [7, 11) is 4.98. The maximum Gasteiger partial charge on any atom is 0.311 e. The highest BCUT2D eigenvalue weighted by Gasteiger charge is 2.57. The Morgan fingerprint density at radius 3 is 2.40 bits per heavy atom. The molecular formula is C57H86FN9O13. The molecule has 0 aliphatic carbocycles. The van der Waals surface area contributed by atoms with E-state index in [9.17, 15) is 24.2 Å². The van der Waals surface area contributed by atoms with Gasteiger partial charge in [-0.1, -0.05) is 50.3 Å². The Morgan fingerprint density at radius 1 is 1.01 bits per heavy atom. The van der Waals surface area contributed by atoms with Crippen LogP contribution in [0.3, 0.4) is 0 Å². The molecule has 4 fully saturated rings. The quantitative estimate of drug-likeness (QED) is 0.100. The van der Waals surface area contributed by atoms with Crippen LogP contribution in [0.5, 0.6) is 0 Å². The number of methoxy groups -OCH3 is 2. The number of alkyl halides is 1. The third-order valence-corrected chi connectivity index (χ3v) is 17.9. The van der Waals surface area contributed by atoms with Gasteiger partial charge in [0.15, 0.2) is 18.2 Å². The number of hydrogen-bond acceptors (Lipinski definition) is 21. The van der Waals surface area contributed by atoms with Crippen LogP contribution in [0.4, 0.5) is 10.3 Å². The number of carbonyl (C=O) groups excluding carboxylic acids is 2. The van der Waals surface area contributed by atoms with E-state index in [1.807, 2.05) is 63.9 Å². The molecule has 444 valence electrons. The molecule has 0 radical (unpaired) electrons. The number of nitrogens with one attached hydrogen (secondary N) is 1. The van der Waals surface area contributed by atoms with E-state index in [0.717, 1.165) is 22.4 Å². The van der Waals surface area contributed by atoms with Crippen molar-refractivity contribution < 1.29 is 66.8 Å². The van der Waals surface area contributed by atoms with Crippen LogP contribution >= 0.6 is 0 Å². The lowest BCUT2D eigenvalue weighted by molar-refractivity contribution is -0.317. The van der Waals surface area contributed by atoms with Crippen LogP contribution in [0.1, 0.15) is 111 Å². The molecule has 0 spiro atoms. The van der Waals surface area contributed by atoms with Crippen molar-refractivity contribution in [2.45, 2.75) is 191 Å². The minimum Gasteiger partial charge on any atom is -0.458 e. The number of carbonyl (C=O) groups is 2. The van der Waals surface area contributed by atoms with Gasteiger partial charge in [0, 0.05) is 93.8 Å². The van der Waals surface area contributed by atoms with Gasteiger partial charge >= 0.3 is 5.97 Å². The number of fused-ring (bicyclic) bond motifs is 5. The number of halogens is 1. The number of likely N-dealkylation sites (N-methyl/N-ethyl adjacent to an activating group) is 1. The number of anilines is 1. The van der Waals surface area contributed by atoms with Gasteiger partial charge in [-0.15, -0.1) is 5.10 Å². The summed E-state index contributed by atoms with van der Waals surface area (Å²) in [5, 5.41) is 36.1. The van der Waals surface area contributed by atoms with Gasteiger partial charge in [0.05, 0.1) is 66.4 Å². The van der Waals surface area contributed by atoms with Crippen LogP contribution in [0.25, 0.3) is 11.1 Å². The minimum absolute atomic E-state index is 0.128. The highest BCUT2D eigenvalue weighted by atomic mass is 19.1. The summed E-state index contributed by atoms with van der Waals surface area (Å²) in [6.07, 6.45) is -1.96. The second kappa shape index (κ2) is 25.9. The van der Waals surface area contributed by atoms with Crippen LogP contribution in [0, 0.1) is 23.7 Å². The summed E-state index contributed by atoms with van der Waals surface area (Å²) >= 11 is 0. The van der Waals surface area contributed by atoms with Gasteiger partial charge in [-0.05, 0) is 79.0 Å². The maximum atomic E-state index is 15.0. The number of aromatic nitrogens is 5. The number of aliphatic hydroxyl groups excluding tert-OH is 2. The predicted molar refractivity (Wildman–Crippen MR) is 292 cm³/mol. The highest BCUT2D eigenvalue weighted by Crippen LogP contribution is 2.46. The van der Waals surface area contributed by atoms with Gasteiger partial charge in [0.1, 0.15) is 37.1 Å². The molecule has 80 heavy (non-hydrogen) atoms. The Bertz CT molecular complexity index is 2550. The number of nitrogens with zero attached hydrogens (tertiary/aromatic N) is 7. The Balaban J connectivity index is 1.05. The number of hydrogen-bond donors (Lipinski definition) is 4. The fourth-order valence-corrected chi connectivity index (χ4v) is 13.2. The zero-order valence-corrected chi connectivity index (χ0v) is 48.5. The first kappa shape index (κ1) is 61.4. The molecule has 23 heteroatoms. The van der Waals surface area contributed by atoms with Gasteiger partial charge in [-0.25, -0.2) is 19.0 Å². The van der Waals surface area contributed by atoms with Crippen molar-refractivity contribution in [1.82, 2.24) is 35.2 Å². The molecule has 7 heterocycles. The predicted octanol–water partition coefficient (Wildman–Crippen LogP) is 4.61. The van der Waals surface area contributed by atoms with Gasteiger partial charge in [0.2, 0.25) is 5.95 Å². The Morgan fingerprint density at radius 2 is 1.74 bits per heavy atom. The Labute approximate surface area is 469 Å². The van der Waals surface area contributed by atoms with Crippen LogP contribution in [-0.2, 0) is 58.6 Å². The summed E-state index contributed by atoms with van der Waals surface area (Å²) in [5.74, 6) is -2.57. The molecule has 22 nitrogen and oxygen atoms in total. The van der Waals surface area contributed by atoms with E-state index in [1.165, 1.54) is 18.9 Å². The molecule has 5 aliphatic heterocycles. The summed E-state index contributed by atoms with van der Waals surface area (Å²) in [5.41, 5.74) is 6.16. The van der Waals surface area contributed by atoms with Crippen molar-refractivity contribution >= 4 is 24.1 Å². The molecule has 2 aromatic heterocycles. The van der Waals surface area contributed by atoms with Crippen molar-refractivity contribution in [3.8, 4) is 11.1 Å². The van der Waals surface area contributed by atoms with E-state index in [0.29, 0.717) is 64.1 Å². The average Bonchev–Trinajstić information content (AvgIpc) is 4.05. The van der Waals surface area contributed by atoms with Crippen molar-refractivity contribution in [1.29, 1.82) is 0 Å². The zero-order valence-electron chi connectivity index (χ0n) is 48.5. The lowest BCUT2D eigenvalue weighted by atomic mass is 9.73. The molecule has 4 saturated heterocycles. The molecule has 8 rings (SSSR count). The average molecular weight is 1120 g/mol. The number of benzene rings is 1. The first-order valence-corrected chi connectivity index (χ1v) is 28.3. The van der Waals surface area contributed by atoms with E-state index in [1.54, 1.807) is 46.3 Å². The largest absolute Gasteiger partial charge is 0.458 e. The molecule has 20 atom stereocenters. The smallest absolute Gasteiger partial charge is 0.311 e. The summed E-state index contributed by atoms with van der Waals surface area (Å²) < 4.78 is 74.8. The summed E-state index contributed by atoms with van der Waals surface area (Å²) in [6, 6.07) is 5.78. The van der Waals surface area contributed by atoms with E-state index < -0.39 is 115 Å². The molecule has 4 bridgehead atoms. The van der Waals surface area contributed by atoms with E-state index in [2.05, 4.69) is 32.5 Å². The molecular weight excluding hydrogens is 1040 g/mol. The fourth-order valence-electron chi connectivity index (χ4n) is 13.2. The topological polar surface area (TPSA) is 268 Å². The third-order valence-electron chi connectivity index (χ3n) is 17.9. The van der Waals surface area contributed by atoms with E-state index in [-0.39, 0.29) is 30.3 Å². The molecule has 0 unspecified atom stereocenters. The van der Waals surface area contributed by atoms with Crippen LogP contribution < -0.4 is 11.1 Å². The van der Waals surface area contributed by atoms with Crippen molar-refractivity contribution in [2.75, 3.05) is 59.9 Å². The second-order valence-corrected chi connectivity index (χ2v) is 23.4. The molecule has 0 saturated carbocycles. The number of aliphatic imine (C=N–C) groups is 1. The SMILES string of the molecule is CC[C@H]1OC(=O)[C@H](C)[C@@H](O[C@H]2C[C@@](C)(OC)[C@@H](O)[C@H](C)O2)[C@H](C)[C@@H](O[C@@H]2O[C@H](C)C[C@H](N(C)CCc3cn([C@H](CF)[C@H](OC)c4ccc(-c5cnc(N)nc5)cc4)nn3)[C@H]2O)[C@@]2(C)C[C@@H](CO2)C2=NCCN[C@H]([C@H]2C)[C@]1(C)OC=O. The maximum absolute atomic E-state index is 15.0. The second-order valence-electron chi connectivity index (χ2n) is 23.4. The third kappa shape index (κ3) is 12.8. The van der Waals surface area contributed by atoms with Crippen LogP contribution in [0.2, 0.25) is 0 Å². The number of rotatable bonds is 18.